The second-order valence-corrected chi connectivity index (χ2v) is 7.89. The second-order valence-electron chi connectivity index (χ2n) is 5.81. The van der Waals surface area contributed by atoms with Crippen LogP contribution in [0.5, 0.6) is 5.75 Å². The van der Waals surface area contributed by atoms with E-state index in [2.05, 4.69) is 10.6 Å². The molecule has 0 aromatic heterocycles. The van der Waals surface area contributed by atoms with Gasteiger partial charge in [-0.3, -0.25) is 4.79 Å². The molecule has 0 saturated carbocycles. The van der Waals surface area contributed by atoms with Gasteiger partial charge in [0.25, 0.3) is 5.91 Å². The molecule has 1 heterocycles. The first kappa shape index (κ1) is 19.0. The maximum atomic E-state index is 12.0. The summed E-state index contributed by atoms with van der Waals surface area (Å²) in [6, 6.07) is 4.52. The van der Waals surface area contributed by atoms with E-state index in [1.807, 2.05) is 0 Å². The topological polar surface area (TPSA) is 108 Å². The molecule has 3 amide bonds. The summed E-state index contributed by atoms with van der Waals surface area (Å²) in [6.45, 7) is 2.01. The predicted molar refractivity (Wildman–Crippen MR) is 94.4 cm³/mol. The van der Waals surface area contributed by atoms with E-state index in [9.17, 15) is 18.0 Å². The average Bonchev–Trinajstić information content (AvgIpc) is 2.52. The Labute approximate surface area is 147 Å². The molecule has 2 rings (SSSR count). The molecule has 1 aromatic rings. The molecule has 0 saturated heterocycles. The van der Waals surface area contributed by atoms with Crippen LogP contribution in [-0.2, 0) is 14.8 Å². The Kier molecular flexibility index (Phi) is 5.53. The van der Waals surface area contributed by atoms with Crippen molar-refractivity contribution in [2.75, 3.05) is 43.7 Å². The van der Waals surface area contributed by atoms with Crippen molar-refractivity contribution < 1.29 is 22.7 Å². The standard InChI is InChI=1S/C15H22N4O5S/c1-10-14(20)19(3)12-9-11(5-6-13(12)24-10)17-15(21)16-7-8-18(2)25(4,22)23/h5-6,9-10H,7-8H2,1-4H3,(H2,16,17,21). The summed E-state index contributed by atoms with van der Waals surface area (Å²) in [4.78, 5) is 25.3. The van der Waals surface area contributed by atoms with Gasteiger partial charge in [-0.25, -0.2) is 17.5 Å². The van der Waals surface area contributed by atoms with Crippen molar-refractivity contribution in [2.24, 2.45) is 0 Å². The summed E-state index contributed by atoms with van der Waals surface area (Å²) in [5.74, 6) is 0.397. The highest BCUT2D eigenvalue weighted by molar-refractivity contribution is 7.88. The summed E-state index contributed by atoms with van der Waals surface area (Å²) in [5, 5.41) is 5.21. The number of benzene rings is 1. The van der Waals surface area contributed by atoms with Gasteiger partial charge in [0.05, 0.1) is 11.9 Å². The first-order valence-corrected chi connectivity index (χ1v) is 9.49. The van der Waals surface area contributed by atoms with Crippen LogP contribution in [0.15, 0.2) is 18.2 Å². The zero-order chi connectivity index (χ0) is 18.8. The fraction of sp³-hybridized carbons (Fsp3) is 0.467. The third kappa shape index (κ3) is 4.60. The maximum Gasteiger partial charge on any atom is 0.319 e. The largest absolute Gasteiger partial charge is 0.479 e. The maximum absolute atomic E-state index is 12.0. The molecule has 138 valence electrons. The van der Waals surface area contributed by atoms with Crippen molar-refractivity contribution in [1.82, 2.24) is 9.62 Å². The van der Waals surface area contributed by atoms with Gasteiger partial charge < -0.3 is 20.3 Å². The van der Waals surface area contributed by atoms with Crippen molar-refractivity contribution in [3.63, 3.8) is 0 Å². The first-order valence-electron chi connectivity index (χ1n) is 7.64. The van der Waals surface area contributed by atoms with E-state index in [1.165, 1.54) is 11.9 Å². The number of nitrogens with one attached hydrogen (secondary N) is 2. The molecule has 1 aliphatic heterocycles. The fourth-order valence-electron chi connectivity index (χ4n) is 2.26. The third-order valence-corrected chi connectivity index (χ3v) is 5.15. The number of sulfonamides is 1. The highest BCUT2D eigenvalue weighted by atomic mass is 32.2. The minimum Gasteiger partial charge on any atom is -0.479 e. The number of hydrogen-bond acceptors (Lipinski definition) is 5. The number of hydrogen-bond donors (Lipinski definition) is 2. The molecular weight excluding hydrogens is 348 g/mol. The van der Waals surface area contributed by atoms with Crippen LogP contribution in [-0.4, -0.2) is 64.2 Å². The monoisotopic (exact) mass is 370 g/mol. The van der Waals surface area contributed by atoms with Crippen LogP contribution in [0.3, 0.4) is 0 Å². The number of carbonyl (C=O) groups is 2. The Morgan fingerprint density at radius 1 is 1.40 bits per heavy atom. The summed E-state index contributed by atoms with van der Waals surface area (Å²) >= 11 is 0. The summed E-state index contributed by atoms with van der Waals surface area (Å²) in [7, 11) is -0.195. The van der Waals surface area contributed by atoms with Gasteiger partial charge >= 0.3 is 6.03 Å². The number of rotatable bonds is 5. The van der Waals surface area contributed by atoms with E-state index < -0.39 is 22.2 Å². The minimum atomic E-state index is -3.28. The molecule has 2 N–H and O–H groups in total. The van der Waals surface area contributed by atoms with Gasteiger partial charge in [-0.2, -0.15) is 0 Å². The first-order chi connectivity index (χ1) is 11.6. The molecule has 1 atom stereocenters. The normalized spacial score (nSPS) is 17.1. The molecule has 0 bridgehead atoms. The molecule has 9 nitrogen and oxygen atoms in total. The number of ether oxygens (including phenoxy) is 1. The SMILES string of the molecule is CC1Oc2ccc(NC(=O)NCCN(C)S(C)(=O)=O)cc2N(C)C1=O. The summed E-state index contributed by atoms with van der Waals surface area (Å²) in [5.41, 5.74) is 1.06. The molecule has 10 heteroatoms. The van der Waals surface area contributed by atoms with Crippen molar-refractivity contribution in [3.05, 3.63) is 18.2 Å². The smallest absolute Gasteiger partial charge is 0.319 e. The molecule has 1 aromatic carbocycles. The predicted octanol–water partition coefficient (Wildman–Crippen LogP) is 0.443. The Balaban J connectivity index is 1.95. The third-order valence-electron chi connectivity index (χ3n) is 3.84. The van der Waals surface area contributed by atoms with Gasteiger partial charge in [-0.05, 0) is 25.1 Å². The Morgan fingerprint density at radius 3 is 2.72 bits per heavy atom. The number of anilines is 2. The molecule has 0 spiro atoms. The molecule has 0 fully saturated rings. The van der Waals surface area contributed by atoms with Crippen LogP contribution in [0, 0.1) is 0 Å². The fourth-order valence-corrected chi connectivity index (χ4v) is 2.68. The number of amides is 3. The molecule has 25 heavy (non-hydrogen) atoms. The van der Waals surface area contributed by atoms with Crippen LogP contribution in [0.25, 0.3) is 0 Å². The zero-order valence-corrected chi connectivity index (χ0v) is 15.4. The Hall–Kier alpha value is -2.33. The Morgan fingerprint density at radius 2 is 2.08 bits per heavy atom. The van der Waals surface area contributed by atoms with Gasteiger partial charge in [-0.15, -0.1) is 0 Å². The number of fused-ring (bicyclic) bond motifs is 1. The van der Waals surface area contributed by atoms with E-state index in [4.69, 9.17) is 4.74 Å². The number of carbonyl (C=O) groups excluding carboxylic acids is 2. The molecule has 0 radical (unpaired) electrons. The highest BCUT2D eigenvalue weighted by Gasteiger charge is 2.29. The lowest BCUT2D eigenvalue weighted by molar-refractivity contribution is -0.125. The lowest BCUT2D eigenvalue weighted by Crippen LogP contribution is -2.42. The van der Waals surface area contributed by atoms with E-state index in [0.29, 0.717) is 17.1 Å². The van der Waals surface area contributed by atoms with Crippen LogP contribution >= 0.6 is 0 Å². The Bertz CT molecular complexity index is 780. The van der Waals surface area contributed by atoms with Crippen molar-refractivity contribution >= 4 is 33.3 Å². The average molecular weight is 370 g/mol. The zero-order valence-electron chi connectivity index (χ0n) is 14.6. The van der Waals surface area contributed by atoms with Crippen LogP contribution < -0.4 is 20.3 Å². The van der Waals surface area contributed by atoms with Crippen molar-refractivity contribution in [3.8, 4) is 5.75 Å². The summed E-state index contributed by atoms with van der Waals surface area (Å²) in [6.07, 6.45) is 0.549. The van der Waals surface area contributed by atoms with Gasteiger partial charge in [0.1, 0.15) is 5.75 Å². The minimum absolute atomic E-state index is 0.166. The lowest BCUT2D eigenvalue weighted by Gasteiger charge is -2.30. The van der Waals surface area contributed by atoms with E-state index in [-0.39, 0.29) is 19.0 Å². The van der Waals surface area contributed by atoms with E-state index >= 15 is 0 Å². The van der Waals surface area contributed by atoms with Crippen LogP contribution in [0.4, 0.5) is 16.2 Å². The van der Waals surface area contributed by atoms with Crippen LogP contribution in [0.1, 0.15) is 6.92 Å². The van der Waals surface area contributed by atoms with Gasteiger partial charge in [0.2, 0.25) is 10.0 Å². The highest BCUT2D eigenvalue weighted by Crippen LogP contribution is 2.35. The van der Waals surface area contributed by atoms with Gasteiger partial charge in [-0.1, -0.05) is 0 Å². The van der Waals surface area contributed by atoms with E-state index in [0.717, 1.165) is 10.6 Å². The van der Waals surface area contributed by atoms with Crippen molar-refractivity contribution in [2.45, 2.75) is 13.0 Å². The van der Waals surface area contributed by atoms with E-state index in [1.54, 1.807) is 32.2 Å². The quantitative estimate of drug-likeness (QED) is 0.782. The van der Waals surface area contributed by atoms with Gasteiger partial charge in [0, 0.05) is 32.9 Å². The van der Waals surface area contributed by atoms with Crippen molar-refractivity contribution in [1.29, 1.82) is 0 Å². The number of likely N-dealkylation sites (N-methyl/N-ethyl adjacent to an activating group) is 2. The summed E-state index contributed by atoms with van der Waals surface area (Å²) < 4.78 is 29.2. The second kappa shape index (κ2) is 7.28. The van der Waals surface area contributed by atoms with Crippen LogP contribution in [0.2, 0.25) is 0 Å². The molecule has 1 aliphatic rings. The molecule has 0 aliphatic carbocycles. The van der Waals surface area contributed by atoms with Gasteiger partial charge in [0.15, 0.2) is 6.10 Å². The lowest BCUT2D eigenvalue weighted by atomic mass is 10.2. The molecular formula is C15H22N4O5S. The number of nitrogens with zero attached hydrogens (tertiary/aromatic N) is 2. The number of urea groups is 1. The molecule has 1 unspecified atom stereocenters.